The van der Waals surface area contributed by atoms with Crippen molar-refractivity contribution in [2.45, 2.75) is 12.7 Å². The van der Waals surface area contributed by atoms with E-state index in [1.165, 1.54) is 12.5 Å². The lowest BCUT2D eigenvalue weighted by Crippen LogP contribution is -2.37. The molecule has 1 aromatic carbocycles. The Morgan fingerprint density at radius 2 is 2.15 bits per heavy atom. The van der Waals surface area contributed by atoms with Crippen LogP contribution in [-0.2, 0) is 20.6 Å². The summed E-state index contributed by atoms with van der Waals surface area (Å²) in [6.45, 7) is 1.89. The first-order valence-corrected chi connectivity index (χ1v) is 7.58. The first kappa shape index (κ1) is 16.4. The average Bonchev–Trinajstić information content (AvgIpc) is 2.38. The molecule has 2 N–H and O–H groups in total. The van der Waals surface area contributed by atoms with Gasteiger partial charge in [0.05, 0.1) is 18.9 Å². The van der Waals surface area contributed by atoms with E-state index in [4.69, 9.17) is 9.94 Å². The summed E-state index contributed by atoms with van der Waals surface area (Å²) in [5, 5.41) is 8.40. The van der Waals surface area contributed by atoms with Gasteiger partial charge in [-0.05, 0) is 24.6 Å². The van der Waals surface area contributed by atoms with E-state index in [0.29, 0.717) is 17.9 Å². The maximum atomic E-state index is 12.0. The highest BCUT2D eigenvalue weighted by Crippen LogP contribution is 2.16. The number of rotatable bonds is 7. The van der Waals surface area contributed by atoms with Crippen LogP contribution in [0.15, 0.2) is 24.3 Å². The SMILES string of the molecule is CCOc1cccc(CS(=O)(=O)N(C)CC(=O)NO)c1. The number of carbonyl (C=O) groups is 1. The zero-order chi connectivity index (χ0) is 15.2. The number of carbonyl (C=O) groups excluding carboxylic acids is 1. The summed E-state index contributed by atoms with van der Waals surface area (Å²) >= 11 is 0. The molecule has 1 aromatic rings. The molecule has 112 valence electrons. The van der Waals surface area contributed by atoms with E-state index in [1.54, 1.807) is 24.3 Å². The minimum Gasteiger partial charge on any atom is -0.494 e. The molecule has 0 heterocycles. The molecule has 7 nitrogen and oxygen atoms in total. The summed E-state index contributed by atoms with van der Waals surface area (Å²) < 4.78 is 30.3. The third-order valence-electron chi connectivity index (χ3n) is 2.52. The third-order valence-corrected chi connectivity index (χ3v) is 4.30. The topological polar surface area (TPSA) is 95.9 Å². The van der Waals surface area contributed by atoms with Crippen LogP contribution in [0.2, 0.25) is 0 Å². The molecule has 8 heteroatoms. The van der Waals surface area contributed by atoms with Gasteiger partial charge in [0, 0.05) is 7.05 Å². The Morgan fingerprint density at radius 3 is 2.75 bits per heavy atom. The Bertz CT molecular complexity index is 559. The van der Waals surface area contributed by atoms with Gasteiger partial charge >= 0.3 is 0 Å². The van der Waals surface area contributed by atoms with Crippen molar-refractivity contribution in [2.75, 3.05) is 20.2 Å². The summed E-state index contributed by atoms with van der Waals surface area (Å²) in [4.78, 5) is 11.0. The highest BCUT2D eigenvalue weighted by Gasteiger charge is 2.21. The molecule has 1 rings (SSSR count). The van der Waals surface area contributed by atoms with Crippen LogP contribution in [0, 0.1) is 0 Å². The lowest BCUT2D eigenvalue weighted by Gasteiger charge is -2.16. The summed E-state index contributed by atoms with van der Waals surface area (Å²) in [5.41, 5.74) is 1.95. The van der Waals surface area contributed by atoms with Crippen molar-refractivity contribution in [1.82, 2.24) is 9.79 Å². The van der Waals surface area contributed by atoms with E-state index < -0.39 is 22.5 Å². The fourth-order valence-electron chi connectivity index (χ4n) is 1.55. The van der Waals surface area contributed by atoms with Crippen molar-refractivity contribution < 1.29 is 23.2 Å². The predicted molar refractivity (Wildman–Crippen MR) is 72.8 cm³/mol. The molecular weight excluding hydrogens is 284 g/mol. The molecule has 0 unspecified atom stereocenters. The monoisotopic (exact) mass is 302 g/mol. The lowest BCUT2D eigenvalue weighted by atomic mass is 10.2. The van der Waals surface area contributed by atoms with Gasteiger partial charge < -0.3 is 4.74 Å². The Labute approximate surface area is 118 Å². The Balaban J connectivity index is 2.80. The molecule has 0 aliphatic rings. The van der Waals surface area contributed by atoms with Gasteiger partial charge in [0.1, 0.15) is 5.75 Å². The van der Waals surface area contributed by atoms with Crippen LogP contribution in [0.5, 0.6) is 5.75 Å². The second-order valence-corrected chi connectivity index (χ2v) is 6.20. The highest BCUT2D eigenvalue weighted by molar-refractivity contribution is 7.88. The minimum atomic E-state index is -3.64. The predicted octanol–water partition coefficient (Wildman–Crippen LogP) is 0.352. The van der Waals surface area contributed by atoms with Gasteiger partial charge in [0.25, 0.3) is 5.91 Å². The fourth-order valence-corrected chi connectivity index (χ4v) is 2.68. The van der Waals surface area contributed by atoms with Crippen LogP contribution in [0.1, 0.15) is 12.5 Å². The number of hydrogen-bond donors (Lipinski definition) is 2. The summed E-state index contributed by atoms with van der Waals surface area (Å²) in [6, 6.07) is 6.75. The van der Waals surface area contributed by atoms with Crippen molar-refractivity contribution in [3.8, 4) is 5.75 Å². The van der Waals surface area contributed by atoms with Crippen LogP contribution in [0.25, 0.3) is 0 Å². The Hall–Kier alpha value is -1.64. The van der Waals surface area contributed by atoms with Crippen LogP contribution in [-0.4, -0.2) is 44.0 Å². The van der Waals surface area contributed by atoms with E-state index >= 15 is 0 Å². The number of benzene rings is 1. The first-order valence-electron chi connectivity index (χ1n) is 5.97. The normalized spacial score (nSPS) is 11.4. The van der Waals surface area contributed by atoms with E-state index in [0.717, 1.165) is 4.31 Å². The van der Waals surface area contributed by atoms with Crippen LogP contribution < -0.4 is 10.2 Å². The van der Waals surface area contributed by atoms with Crippen molar-refractivity contribution >= 4 is 15.9 Å². The van der Waals surface area contributed by atoms with E-state index in [9.17, 15) is 13.2 Å². The van der Waals surface area contributed by atoms with Gasteiger partial charge in [-0.25, -0.2) is 13.9 Å². The molecule has 0 aliphatic carbocycles. The second-order valence-electron chi connectivity index (χ2n) is 4.13. The molecule has 0 saturated heterocycles. The molecule has 0 fully saturated rings. The van der Waals surface area contributed by atoms with Gasteiger partial charge in [0.15, 0.2) is 0 Å². The minimum absolute atomic E-state index is 0.247. The largest absolute Gasteiger partial charge is 0.494 e. The molecule has 20 heavy (non-hydrogen) atoms. The highest BCUT2D eigenvalue weighted by atomic mass is 32.2. The number of nitrogens with zero attached hydrogens (tertiary/aromatic N) is 1. The van der Waals surface area contributed by atoms with Gasteiger partial charge in [-0.3, -0.25) is 10.0 Å². The maximum Gasteiger partial charge on any atom is 0.258 e. The maximum absolute atomic E-state index is 12.0. The number of likely N-dealkylation sites (N-methyl/N-ethyl adjacent to an activating group) is 1. The first-order chi connectivity index (χ1) is 9.39. The molecule has 0 aliphatic heterocycles. The fraction of sp³-hybridized carbons (Fsp3) is 0.417. The summed E-state index contributed by atoms with van der Waals surface area (Å²) in [6.07, 6.45) is 0. The molecular formula is C12H18N2O5S. The number of ether oxygens (including phenoxy) is 1. The van der Waals surface area contributed by atoms with Gasteiger partial charge in [-0.15, -0.1) is 0 Å². The number of nitrogens with one attached hydrogen (secondary N) is 1. The van der Waals surface area contributed by atoms with Crippen molar-refractivity contribution in [3.63, 3.8) is 0 Å². The Morgan fingerprint density at radius 1 is 1.45 bits per heavy atom. The van der Waals surface area contributed by atoms with Crippen molar-refractivity contribution in [2.24, 2.45) is 0 Å². The summed E-state index contributed by atoms with van der Waals surface area (Å²) in [5.74, 6) is -0.446. The quantitative estimate of drug-likeness (QED) is 0.560. The molecule has 0 saturated carbocycles. The molecule has 0 atom stereocenters. The molecule has 1 amide bonds. The lowest BCUT2D eigenvalue weighted by molar-refractivity contribution is -0.129. The van der Waals surface area contributed by atoms with E-state index in [-0.39, 0.29) is 5.75 Å². The second kappa shape index (κ2) is 7.22. The smallest absolute Gasteiger partial charge is 0.258 e. The van der Waals surface area contributed by atoms with Crippen LogP contribution in [0.4, 0.5) is 0 Å². The molecule has 0 radical (unpaired) electrons. The van der Waals surface area contributed by atoms with Crippen molar-refractivity contribution in [1.29, 1.82) is 0 Å². The summed E-state index contributed by atoms with van der Waals surface area (Å²) in [7, 11) is -2.37. The van der Waals surface area contributed by atoms with Gasteiger partial charge in [0.2, 0.25) is 10.0 Å². The number of hydroxylamine groups is 1. The third kappa shape index (κ3) is 4.80. The Kier molecular flexibility index (Phi) is 5.93. The average molecular weight is 302 g/mol. The molecule has 0 spiro atoms. The van der Waals surface area contributed by atoms with Crippen molar-refractivity contribution in [3.05, 3.63) is 29.8 Å². The molecule has 0 aromatic heterocycles. The number of amides is 1. The van der Waals surface area contributed by atoms with Gasteiger partial charge in [-0.2, -0.15) is 4.31 Å². The van der Waals surface area contributed by atoms with E-state index in [2.05, 4.69) is 0 Å². The number of hydrogen-bond acceptors (Lipinski definition) is 5. The molecule has 0 bridgehead atoms. The van der Waals surface area contributed by atoms with E-state index in [1.807, 2.05) is 6.92 Å². The zero-order valence-electron chi connectivity index (χ0n) is 11.4. The zero-order valence-corrected chi connectivity index (χ0v) is 12.2. The van der Waals surface area contributed by atoms with Gasteiger partial charge in [-0.1, -0.05) is 12.1 Å². The van der Waals surface area contributed by atoms with Crippen LogP contribution >= 0.6 is 0 Å². The standard InChI is InChI=1S/C12H18N2O5S/c1-3-19-11-6-4-5-10(7-11)9-20(17,18)14(2)8-12(15)13-16/h4-7,16H,3,8-9H2,1-2H3,(H,13,15). The van der Waals surface area contributed by atoms with Crippen LogP contribution in [0.3, 0.4) is 0 Å². The number of sulfonamides is 1.